The molecule has 0 aliphatic heterocycles. The number of aromatic nitrogens is 4. The van der Waals surface area contributed by atoms with Crippen molar-refractivity contribution >= 4 is 21.8 Å². The van der Waals surface area contributed by atoms with Gasteiger partial charge in [-0.15, -0.1) is 0 Å². The largest absolute Gasteiger partial charge is 0.309 e. The zero-order chi connectivity index (χ0) is 44.0. The van der Waals surface area contributed by atoms with Crippen molar-refractivity contribution in [2.75, 3.05) is 0 Å². The van der Waals surface area contributed by atoms with Gasteiger partial charge in [-0.1, -0.05) is 200 Å². The van der Waals surface area contributed by atoms with Gasteiger partial charge in [0.15, 0.2) is 17.5 Å². The minimum Gasteiger partial charge on any atom is -0.309 e. The van der Waals surface area contributed by atoms with E-state index >= 15 is 0 Å². The van der Waals surface area contributed by atoms with Crippen molar-refractivity contribution < 1.29 is 5.48 Å². The molecule has 0 saturated heterocycles. The number of para-hydroxylation sites is 1. The van der Waals surface area contributed by atoms with Crippen molar-refractivity contribution in [1.29, 1.82) is 0 Å². The van der Waals surface area contributed by atoms with Crippen molar-refractivity contribution in [1.82, 2.24) is 19.5 Å². The zero-order valence-electron chi connectivity index (χ0n) is 36.9. The maximum absolute atomic E-state index is 9.27. The van der Waals surface area contributed by atoms with Crippen LogP contribution in [0.5, 0.6) is 0 Å². The van der Waals surface area contributed by atoms with Gasteiger partial charge in [0.05, 0.1) is 16.5 Å². The maximum Gasteiger partial charge on any atom is 0.164 e. The number of hydrogen-bond donors (Lipinski definition) is 0. The van der Waals surface area contributed by atoms with E-state index in [9.17, 15) is 2.74 Å². The molecule has 0 atom stereocenters. The lowest BCUT2D eigenvalue weighted by molar-refractivity contribution is 1.07. The van der Waals surface area contributed by atoms with Crippen LogP contribution in [0.2, 0.25) is 0 Å². The summed E-state index contributed by atoms with van der Waals surface area (Å²) in [7, 11) is 0. The highest BCUT2D eigenvalue weighted by atomic mass is 15.0. The molecule has 61 heavy (non-hydrogen) atoms. The van der Waals surface area contributed by atoms with Crippen LogP contribution in [0.15, 0.2) is 230 Å². The van der Waals surface area contributed by atoms with E-state index in [-0.39, 0.29) is 24.2 Å². The van der Waals surface area contributed by atoms with Crippen LogP contribution in [-0.4, -0.2) is 19.5 Å². The second kappa shape index (κ2) is 15.5. The highest BCUT2D eigenvalue weighted by Gasteiger charge is 2.18. The second-order valence-corrected chi connectivity index (χ2v) is 14.9. The molecule has 2 heterocycles. The molecular weight excluding hydrogens is 741 g/mol. The van der Waals surface area contributed by atoms with E-state index < -0.39 is 0 Å². The van der Waals surface area contributed by atoms with E-state index in [0.717, 1.165) is 77.8 Å². The Balaban J connectivity index is 1.02. The summed E-state index contributed by atoms with van der Waals surface area (Å²) in [5, 5.41) is 1.25. The molecule has 0 N–H and O–H groups in total. The SMILES string of the molecule is [2H]c1c([2H])c([2H])c2c(c1[2H])c1c(-c3ccc(-c4ccccc4)cc3)cccc1n2-c1cccc(-c2cccc(-c3nc(-c4ccccc4)nc(-c4ccc(-c5ccccc5)cc4)n3)c2)c1. The topological polar surface area (TPSA) is 43.6 Å². The van der Waals surface area contributed by atoms with Gasteiger partial charge in [-0.05, 0) is 74.8 Å². The lowest BCUT2D eigenvalue weighted by atomic mass is 9.97. The van der Waals surface area contributed by atoms with Gasteiger partial charge >= 0.3 is 0 Å². The Morgan fingerprint density at radius 3 is 1.41 bits per heavy atom. The third kappa shape index (κ3) is 6.86. The molecule has 0 aliphatic rings. The first-order valence-corrected chi connectivity index (χ1v) is 20.3. The molecule has 286 valence electrons. The summed E-state index contributed by atoms with van der Waals surface area (Å²) < 4.78 is 38.0. The highest BCUT2D eigenvalue weighted by molar-refractivity contribution is 6.15. The van der Waals surface area contributed by atoms with Crippen LogP contribution in [0.4, 0.5) is 0 Å². The summed E-state index contributed by atoms with van der Waals surface area (Å²) in [6.45, 7) is 0. The van der Waals surface area contributed by atoms with Crippen molar-refractivity contribution in [2.45, 2.75) is 0 Å². The van der Waals surface area contributed by atoms with Crippen molar-refractivity contribution in [3.63, 3.8) is 0 Å². The Bertz CT molecular complexity index is 3560. The molecular formula is C57H38N4. The van der Waals surface area contributed by atoms with Gasteiger partial charge in [-0.3, -0.25) is 0 Å². The van der Waals surface area contributed by atoms with Crippen molar-refractivity contribution in [2.24, 2.45) is 0 Å². The summed E-state index contributed by atoms with van der Waals surface area (Å²) >= 11 is 0. The van der Waals surface area contributed by atoms with Crippen LogP contribution in [0.1, 0.15) is 5.48 Å². The zero-order valence-corrected chi connectivity index (χ0v) is 32.9. The van der Waals surface area contributed by atoms with Gasteiger partial charge in [0, 0.05) is 33.2 Å². The molecule has 11 aromatic rings. The van der Waals surface area contributed by atoms with Crippen LogP contribution < -0.4 is 0 Å². The molecule has 11 rings (SSSR count). The van der Waals surface area contributed by atoms with Crippen LogP contribution in [0, 0.1) is 0 Å². The smallest absolute Gasteiger partial charge is 0.164 e. The number of fused-ring (bicyclic) bond motifs is 3. The number of benzene rings is 9. The predicted molar refractivity (Wildman–Crippen MR) is 252 cm³/mol. The Labute approximate surface area is 360 Å². The van der Waals surface area contributed by atoms with Gasteiger partial charge in [0.1, 0.15) is 0 Å². The van der Waals surface area contributed by atoms with Crippen molar-refractivity contribution in [3.8, 4) is 84.4 Å². The molecule has 4 nitrogen and oxygen atoms in total. The summed E-state index contributed by atoms with van der Waals surface area (Å²) in [4.78, 5) is 15.0. The Kier molecular flexibility index (Phi) is 8.07. The molecule has 9 aromatic carbocycles. The third-order valence-corrected chi connectivity index (χ3v) is 11.2. The molecule has 0 aliphatic carbocycles. The predicted octanol–water partition coefficient (Wildman–Crippen LogP) is 14.6. The van der Waals surface area contributed by atoms with Crippen LogP contribution >= 0.6 is 0 Å². The van der Waals surface area contributed by atoms with Gasteiger partial charge in [0.2, 0.25) is 0 Å². The first-order chi connectivity index (χ1) is 31.9. The first kappa shape index (κ1) is 31.7. The number of hydrogen-bond acceptors (Lipinski definition) is 3. The van der Waals surface area contributed by atoms with Crippen molar-refractivity contribution in [3.05, 3.63) is 230 Å². The molecule has 0 saturated carbocycles. The highest BCUT2D eigenvalue weighted by Crippen LogP contribution is 2.40. The summed E-state index contributed by atoms with van der Waals surface area (Å²) in [6, 6.07) is 68.7. The van der Waals surface area contributed by atoms with E-state index in [1.807, 2.05) is 120 Å². The van der Waals surface area contributed by atoms with E-state index in [1.54, 1.807) is 0 Å². The Hall–Kier alpha value is -8.21. The average molecular weight is 783 g/mol. The molecule has 0 fully saturated rings. The fourth-order valence-electron chi connectivity index (χ4n) is 8.20. The monoisotopic (exact) mass is 782 g/mol. The fraction of sp³-hybridized carbons (Fsp3) is 0. The molecule has 0 amide bonds. The molecule has 0 spiro atoms. The van der Waals surface area contributed by atoms with Crippen LogP contribution in [-0.2, 0) is 0 Å². The lowest BCUT2D eigenvalue weighted by Gasteiger charge is -2.12. The summed E-state index contributed by atoms with van der Waals surface area (Å²) in [5.41, 5.74) is 12.7. The van der Waals surface area contributed by atoms with Gasteiger partial charge in [-0.25, -0.2) is 15.0 Å². The van der Waals surface area contributed by atoms with E-state index in [1.165, 1.54) is 0 Å². The Morgan fingerprint density at radius 2 is 0.770 bits per heavy atom. The van der Waals surface area contributed by atoms with Gasteiger partial charge < -0.3 is 4.57 Å². The standard InChI is InChI=1S/C57H38N4/c1-4-15-39(16-5-1)41-29-33-43(34-30-41)50-26-14-28-53-54(50)51-25-10-11-27-52(51)61(53)49-24-13-22-47(38-49)46-21-12-23-48(37-46)57-59-55(44-19-8-3-9-20-44)58-56(60-57)45-35-31-42(32-36-45)40-17-6-2-7-18-40/h1-38H/i10D,11D,25D,27D. The van der Waals surface area contributed by atoms with Crippen LogP contribution in [0.25, 0.3) is 106 Å². The van der Waals surface area contributed by atoms with E-state index in [2.05, 4.69) is 91.0 Å². The number of rotatable bonds is 8. The molecule has 0 bridgehead atoms. The third-order valence-electron chi connectivity index (χ3n) is 11.2. The normalized spacial score (nSPS) is 12.2. The summed E-state index contributed by atoms with van der Waals surface area (Å²) in [6.07, 6.45) is 0. The number of nitrogens with zero attached hydrogens (tertiary/aromatic N) is 4. The van der Waals surface area contributed by atoms with E-state index in [0.29, 0.717) is 28.4 Å². The fourth-order valence-corrected chi connectivity index (χ4v) is 8.20. The average Bonchev–Trinajstić information content (AvgIpc) is 3.74. The quantitative estimate of drug-likeness (QED) is 0.154. The molecule has 0 unspecified atom stereocenters. The minimum absolute atomic E-state index is 0.0688. The molecule has 4 heteroatoms. The van der Waals surface area contributed by atoms with Gasteiger partial charge in [0.25, 0.3) is 0 Å². The lowest BCUT2D eigenvalue weighted by Crippen LogP contribution is -2.00. The molecule has 0 radical (unpaired) electrons. The maximum atomic E-state index is 9.27. The molecule has 2 aromatic heterocycles. The Morgan fingerprint density at radius 1 is 0.328 bits per heavy atom. The van der Waals surface area contributed by atoms with Crippen LogP contribution in [0.3, 0.4) is 0 Å². The first-order valence-electron chi connectivity index (χ1n) is 22.3. The van der Waals surface area contributed by atoms with E-state index in [4.69, 9.17) is 17.7 Å². The summed E-state index contributed by atoms with van der Waals surface area (Å²) in [5.74, 6) is 1.69. The van der Waals surface area contributed by atoms with Gasteiger partial charge in [-0.2, -0.15) is 0 Å². The second-order valence-electron chi connectivity index (χ2n) is 14.9. The minimum atomic E-state index is -0.275.